The summed E-state index contributed by atoms with van der Waals surface area (Å²) in [6.07, 6.45) is 2.08. The molecule has 0 aliphatic heterocycles. The summed E-state index contributed by atoms with van der Waals surface area (Å²) in [4.78, 5) is 5.60. The van der Waals surface area contributed by atoms with E-state index < -0.39 is 0 Å². The Morgan fingerprint density at radius 3 is 2.74 bits per heavy atom. The number of H-pyrrole nitrogens is 1. The normalized spacial score (nSPS) is 11.8. The summed E-state index contributed by atoms with van der Waals surface area (Å²) in [7, 11) is 4.11. The van der Waals surface area contributed by atoms with Crippen LogP contribution in [0.4, 0.5) is 0 Å². The minimum Gasteiger partial charge on any atom is -0.328 e. The van der Waals surface area contributed by atoms with Crippen molar-refractivity contribution in [2.24, 2.45) is 7.05 Å². The lowest BCUT2D eigenvalue weighted by Crippen LogP contribution is -2.23. The van der Waals surface area contributed by atoms with Gasteiger partial charge >= 0.3 is 0 Å². The molecule has 0 saturated heterocycles. The van der Waals surface area contributed by atoms with Crippen LogP contribution < -0.4 is 0 Å². The van der Waals surface area contributed by atoms with E-state index in [1.165, 1.54) is 0 Å². The highest BCUT2D eigenvalue weighted by molar-refractivity contribution is 7.71. The van der Waals surface area contributed by atoms with Gasteiger partial charge in [-0.2, -0.15) is 5.10 Å². The number of aryl methyl sites for hydroxylation is 2. The van der Waals surface area contributed by atoms with Gasteiger partial charge in [-0.05, 0) is 32.2 Å². The average molecular weight is 281 g/mol. The maximum absolute atomic E-state index is 5.45. The number of aromatic amines is 1. The number of hydrogen-bond acceptors (Lipinski definition) is 3. The third kappa shape index (κ3) is 2.74. The van der Waals surface area contributed by atoms with Crippen molar-refractivity contribution in [2.45, 2.75) is 33.2 Å². The number of nitrogens with one attached hydrogen (secondary N) is 1. The summed E-state index contributed by atoms with van der Waals surface area (Å²) < 4.78 is 4.89. The van der Waals surface area contributed by atoms with Crippen molar-refractivity contribution in [1.29, 1.82) is 0 Å². The third-order valence-electron chi connectivity index (χ3n) is 3.55. The van der Waals surface area contributed by atoms with Gasteiger partial charge in [0.15, 0.2) is 10.4 Å². The Hall–Kier alpha value is -1.14. The first kappa shape index (κ1) is 14.3. The smallest absolute Gasteiger partial charge is 0.179 e. The molecule has 2 rings (SSSR count). The highest BCUT2D eigenvalue weighted by Crippen LogP contribution is 2.18. The van der Waals surface area contributed by atoms with E-state index in [2.05, 4.69) is 40.4 Å². The molecule has 0 aliphatic rings. The van der Waals surface area contributed by atoms with Crippen LogP contribution in [0, 0.1) is 4.77 Å². The molecule has 0 fully saturated rings. The Bertz CT molecular complexity index is 606. The topological polar surface area (TPSA) is 41.8 Å². The summed E-state index contributed by atoms with van der Waals surface area (Å²) in [5, 5.41) is 4.59. The van der Waals surface area contributed by atoms with E-state index in [-0.39, 0.29) is 0 Å². The van der Waals surface area contributed by atoms with Crippen molar-refractivity contribution in [1.82, 2.24) is 24.2 Å². The first-order valence-electron chi connectivity index (χ1n) is 6.91. The monoisotopic (exact) mass is 281 g/mol. The summed E-state index contributed by atoms with van der Waals surface area (Å²) in [5.41, 5.74) is 3.33. The first-order valence-corrected chi connectivity index (χ1v) is 7.32. The van der Waals surface area contributed by atoms with Gasteiger partial charge in [-0.25, -0.2) is 0 Å². The summed E-state index contributed by atoms with van der Waals surface area (Å²) >= 11 is 5.45. The zero-order valence-electron chi connectivity index (χ0n) is 12.2. The van der Waals surface area contributed by atoms with Crippen LogP contribution in [0.3, 0.4) is 0 Å². The Balaban J connectivity index is 2.38. The molecule has 1 N–H and O–H groups in total. The predicted octanol–water partition coefficient (Wildman–Crippen LogP) is 2.34. The molecular formula is C13H23N5S. The van der Waals surface area contributed by atoms with Crippen LogP contribution in [0.1, 0.15) is 26.0 Å². The van der Waals surface area contributed by atoms with E-state index in [4.69, 9.17) is 12.2 Å². The number of imidazole rings is 1. The molecule has 5 nitrogen and oxygen atoms in total. The second-order valence-corrected chi connectivity index (χ2v) is 5.38. The average Bonchev–Trinajstić information content (AvgIpc) is 2.86. The number of rotatable bonds is 6. The number of aromatic nitrogens is 4. The fraction of sp³-hybridized carbons (Fsp3) is 0.692. The highest BCUT2D eigenvalue weighted by Gasteiger charge is 2.14. The van der Waals surface area contributed by atoms with Crippen LogP contribution in [-0.4, -0.2) is 44.4 Å². The third-order valence-corrected chi connectivity index (χ3v) is 3.88. The molecular weight excluding hydrogens is 258 g/mol. The maximum atomic E-state index is 5.45. The predicted molar refractivity (Wildman–Crippen MR) is 81.1 cm³/mol. The Labute approximate surface area is 119 Å². The quantitative estimate of drug-likeness (QED) is 0.826. The first-order chi connectivity index (χ1) is 9.08. The van der Waals surface area contributed by atoms with E-state index in [9.17, 15) is 0 Å². The molecule has 0 radical (unpaired) electrons. The fourth-order valence-electron chi connectivity index (χ4n) is 2.33. The lowest BCUT2D eigenvalue weighted by atomic mass is 10.2. The minimum atomic E-state index is 0.796. The lowest BCUT2D eigenvalue weighted by molar-refractivity contribution is 0.335. The number of likely N-dealkylation sites (N-methyl/N-ethyl adjacent to an activating group) is 1. The van der Waals surface area contributed by atoms with Gasteiger partial charge in [0.1, 0.15) is 5.52 Å². The van der Waals surface area contributed by atoms with Gasteiger partial charge in [-0.15, -0.1) is 0 Å². The van der Waals surface area contributed by atoms with Gasteiger partial charge < -0.3 is 14.5 Å². The zero-order chi connectivity index (χ0) is 14.0. The largest absolute Gasteiger partial charge is 0.328 e. The molecule has 0 unspecified atom stereocenters. The van der Waals surface area contributed by atoms with Crippen molar-refractivity contribution in [3.8, 4) is 0 Å². The van der Waals surface area contributed by atoms with Crippen molar-refractivity contribution >= 4 is 23.4 Å². The molecule has 0 aromatic carbocycles. The van der Waals surface area contributed by atoms with Gasteiger partial charge in [0.25, 0.3) is 0 Å². The van der Waals surface area contributed by atoms with Crippen molar-refractivity contribution < 1.29 is 0 Å². The van der Waals surface area contributed by atoms with Crippen LogP contribution >= 0.6 is 12.2 Å². The Morgan fingerprint density at radius 1 is 1.37 bits per heavy atom. The molecule has 19 heavy (non-hydrogen) atoms. The van der Waals surface area contributed by atoms with E-state index in [1.54, 1.807) is 0 Å². The molecule has 0 aliphatic carbocycles. The SMILES string of the molecule is CCCc1nn(C)c2c1[nH]c(=S)n2CCN(C)CC. The van der Waals surface area contributed by atoms with Gasteiger partial charge in [-0.3, -0.25) is 4.68 Å². The van der Waals surface area contributed by atoms with Gasteiger partial charge in [0.05, 0.1) is 5.69 Å². The van der Waals surface area contributed by atoms with Crippen LogP contribution in [-0.2, 0) is 20.0 Å². The van der Waals surface area contributed by atoms with Crippen LogP contribution in [0.15, 0.2) is 0 Å². The minimum absolute atomic E-state index is 0.796. The molecule has 106 valence electrons. The Kier molecular flexibility index (Phi) is 4.42. The van der Waals surface area contributed by atoms with Crippen LogP contribution in [0.2, 0.25) is 0 Å². The second kappa shape index (κ2) is 5.88. The van der Waals surface area contributed by atoms with Crippen molar-refractivity contribution in [3.05, 3.63) is 10.5 Å². The molecule has 2 aromatic heterocycles. The van der Waals surface area contributed by atoms with E-state index in [0.29, 0.717) is 0 Å². The molecule has 0 spiro atoms. The van der Waals surface area contributed by atoms with E-state index in [1.807, 2.05) is 11.7 Å². The van der Waals surface area contributed by atoms with E-state index >= 15 is 0 Å². The molecule has 0 atom stereocenters. The molecule has 2 heterocycles. The molecule has 2 aromatic rings. The number of hydrogen-bond donors (Lipinski definition) is 1. The van der Waals surface area contributed by atoms with E-state index in [0.717, 1.165) is 54.1 Å². The number of nitrogens with zero attached hydrogens (tertiary/aromatic N) is 4. The van der Waals surface area contributed by atoms with Gasteiger partial charge in [0.2, 0.25) is 0 Å². The van der Waals surface area contributed by atoms with Crippen molar-refractivity contribution in [2.75, 3.05) is 20.1 Å². The highest BCUT2D eigenvalue weighted by atomic mass is 32.1. The molecule has 0 amide bonds. The Morgan fingerprint density at radius 2 is 2.11 bits per heavy atom. The summed E-state index contributed by atoms with van der Waals surface area (Å²) in [6.45, 7) is 7.27. The summed E-state index contributed by atoms with van der Waals surface area (Å²) in [6, 6.07) is 0. The van der Waals surface area contributed by atoms with Gasteiger partial charge in [-0.1, -0.05) is 20.3 Å². The van der Waals surface area contributed by atoms with Crippen molar-refractivity contribution in [3.63, 3.8) is 0 Å². The van der Waals surface area contributed by atoms with Gasteiger partial charge in [0, 0.05) is 20.1 Å². The maximum Gasteiger partial charge on any atom is 0.179 e. The zero-order valence-corrected chi connectivity index (χ0v) is 13.0. The standard InChI is InChI=1S/C13H23N5S/c1-5-7-10-11-12(17(4)15-10)18(13(19)14-11)9-8-16(3)6-2/h5-9H2,1-4H3,(H,14,19). The molecule has 6 heteroatoms. The van der Waals surface area contributed by atoms with Crippen LogP contribution in [0.5, 0.6) is 0 Å². The van der Waals surface area contributed by atoms with Crippen LogP contribution in [0.25, 0.3) is 11.2 Å². The molecule has 0 bridgehead atoms. The second-order valence-electron chi connectivity index (χ2n) is 5.00. The summed E-state index contributed by atoms with van der Waals surface area (Å²) in [5.74, 6) is 0. The number of fused-ring (bicyclic) bond motifs is 1. The molecule has 0 saturated carbocycles. The lowest BCUT2D eigenvalue weighted by Gasteiger charge is -2.14. The fourth-order valence-corrected chi connectivity index (χ4v) is 2.61.